The molecule has 8 heteroatoms. The molecule has 1 aromatic rings. The maximum Gasteiger partial charge on any atom is 0.240 e. The third-order valence-electron chi connectivity index (χ3n) is 2.55. The maximum atomic E-state index is 12.1. The average molecular weight is 336 g/mol. The zero-order chi connectivity index (χ0) is 15.6. The van der Waals surface area contributed by atoms with Gasteiger partial charge in [-0.2, -0.15) is 0 Å². The van der Waals surface area contributed by atoms with Crippen molar-refractivity contribution in [1.29, 1.82) is 0 Å². The van der Waals surface area contributed by atoms with E-state index in [4.69, 9.17) is 5.73 Å². The minimum atomic E-state index is -3.65. The lowest BCUT2D eigenvalue weighted by atomic mass is 10.1. The molecule has 4 N–H and O–H groups in total. The highest BCUT2D eigenvalue weighted by molar-refractivity contribution is 7.89. The van der Waals surface area contributed by atoms with Crippen molar-refractivity contribution in [3.05, 3.63) is 23.8 Å². The van der Waals surface area contributed by atoms with E-state index in [0.717, 1.165) is 5.56 Å². The number of benzene rings is 1. The number of halogens is 1. The summed E-state index contributed by atoms with van der Waals surface area (Å²) in [7, 11) is -3.65. The van der Waals surface area contributed by atoms with Crippen LogP contribution in [-0.4, -0.2) is 26.4 Å². The number of amides is 1. The Hall–Kier alpha value is -1.15. The third kappa shape index (κ3) is 6.43. The Morgan fingerprint density at radius 1 is 1.33 bits per heavy atom. The smallest absolute Gasteiger partial charge is 0.240 e. The highest BCUT2D eigenvalue weighted by atomic mass is 35.5. The largest absolute Gasteiger partial charge is 0.326 e. The Morgan fingerprint density at radius 3 is 2.38 bits per heavy atom. The fourth-order valence-electron chi connectivity index (χ4n) is 1.46. The van der Waals surface area contributed by atoms with Crippen LogP contribution in [0.15, 0.2) is 23.1 Å². The summed E-state index contributed by atoms with van der Waals surface area (Å²) in [6, 6.07) is 4.57. The van der Waals surface area contributed by atoms with Gasteiger partial charge >= 0.3 is 0 Å². The summed E-state index contributed by atoms with van der Waals surface area (Å²) in [5, 5.41) is 2.60. The molecule has 0 unspecified atom stereocenters. The van der Waals surface area contributed by atoms with Crippen LogP contribution in [0, 0.1) is 6.92 Å². The maximum absolute atomic E-state index is 12.1. The molecule has 0 atom stereocenters. The van der Waals surface area contributed by atoms with Gasteiger partial charge in [0.25, 0.3) is 0 Å². The Labute approximate surface area is 132 Å². The minimum Gasteiger partial charge on any atom is -0.326 e. The molecule has 0 aliphatic heterocycles. The summed E-state index contributed by atoms with van der Waals surface area (Å²) >= 11 is 0. The summed E-state index contributed by atoms with van der Waals surface area (Å²) in [6.45, 7) is 6.74. The molecule has 6 nitrogen and oxygen atoms in total. The van der Waals surface area contributed by atoms with Crippen molar-refractivity contribution in [1.82, 2.24) is 4.72 Å². The number of anilines is 1. The first-order valence-electron chi connectivity index (χ1n) is 6.18. The molecule has 1 amide bonds. The van der Waals surface area contributed by atoms with Crippen molar-refractivity contribution in [2.24, 2.45) is 5.73 Å². The first-order valence-corrected chi connectivity index (χ1v) is 7.66. The Balaban J connectivity index is 0.00000400. The number of hydrogen-bond acceptors (Lipinski definition) is 4. The van der Waals surface area contributed by atoms with E-state index in [1.165, 1.54) is 19.1 Å². The molecule has 0 aromatic heterocycles. The Bertz CT molecular complexity index is 610. The van der Waals surface area contributed by atoms with Gasteiger partial charge < -0.3 is 11.1 Å². The molecule has 1 aromatic carbocycles. The summed E-state index contributed by atoms with van der Waals surface area (Å²) < 4.78 is 26.7. The van der Waals surface area contributed by atoms with Crippen LogP contribution in [-0.2, 0) is 14.8 Å². The van der Waals surface area contributed by atoms with Gasteiger partial charge in [0.1, 0.15) is 0 Å². The lowest BCUT2D eigenvalue weighted by molar-refractivity contribution is -0.114. The van der Waals surface area contributed by atoms with E-state index >= 15 is 0 Å². The molecule has 1 rings (SSSR count). The van der Waals surface area contributed by atoms with Gasteiger partial charge in [-0.15, -0.1) is 12.4 Å². The molecule has 0 aliphatic rings. The van der Waals surface area contributed by atoms with Crippen LogP contribution in [0.3, 0.4) is 0 Å². The van der Waals surface area contributed by atoms with E-state index in [1.54, 1.807) is 26.8 Å². The SMILES string of the molecule is CC(=O)Nc1cc(S(=O)(=O)NCC(C)(C)N)ccc1C.Cl. The second kappa shape index (κ2) is 7.22. The summed E-state index contributed by atoms with van der Waals surface area (Å²) in [5.41, 5.74) is 6.39. The highest BCUT2D eigenvalue weighted by Crippen LogP contribution is 2.20. The van der Waals surface area contributed by atoms with E-state index < -0.39 is 15.6 Å². The Morgan fingerprint density at radius 2 is 1.90 bits per heavy atom. The quantitative estimate of drug-likeness (QED) is 0.756. The number of carbonyl (C=O) groups excluding carboxylic acids is 1. The van der Waals surface area contributed by atoms with Crippen LogP contribution in [0.25, 0.3) is 0 Å². The lowest BCUT2D eigenvalue weighted by Crippen LogP contribution is -2.45. The molecule has 0 bridgehead atoms. The number of hydrogen-bond donors (Lipinski definition) is 3. The predicted molar refractivity (Wildman–Crippen MR) is 86.2 cm³/mol. The molecule has 120 valence electrons. The van der Waals surface area contributed by atoms with Crippen LogP contribution < -0.4 is 15.8 Å². The second-order valence-electron chi connectivity index (χ2n) is 5.47. The van der Waals surface area contributed by atoms with Crippen molar-refractivity contribution in [3.63, 3.8) is 0 Å². The summed E-state index contributed by atoms with van der Waals surface area (Å²) in [6.07, 6.45) is 0. The first-order chi connectivity index (χ1) is 9.01. The van der Waals surface area contributed by atoms with Crippen LogP contribution in [0.5, 0.6) is 0 Å². The van der Waals surface area contributed by atoms with Gasteiger partial charge in [-0.1, -0.05) is 6.07 Å². The second-order valence-corrected chi connectivity index (χ2v) is 7.24. The van der Waals surface area contributed by atoms with Crippen molar-refractivity contribution >= 4 is 34.0 Å². The van der Waals surface area contributed by atoms with Crippen LogP contribution >= 0.6 is 12.4 Å². The fourth-order valence-corrected chi connectivity index (χ4v) is 2.71. The van der Waals surface area contributed by atoms with Gasteiger partial charge in [0.15, 0.2) is 0 Å². The van der Waals surface area contributed by atoms with E-state index in [0.29, 0.717) is 5.69 Å². The molecule has 0 aliphatic carbocycles. The number of aryl methyl sites for hydroxylation is 1. The van der Waals surface area contributed by atoms with Gasteiger partial charge in [-0.05, 0) is 38.5 Å². The van der Waals surface area contributed by atoms with Crippen molar-refractivity contribution < 1.29 is 13.2 Å². The van der Waals surface area contributed by atoms with E-state index in [-0.39, 0.29) is 29.8 Å². The van der Waals surface area contributed by atoms with Gasteiger partial charge in [-0.25, -0.2) is 13.1 Å². The molecule has 0 radical (unpaired) electrons. The van der Waals surface area contributed by atoms with Gasteiger partial charge in [-0.3, -0.25) is 4.79 Å². The normalized spacial score (nSPS) is 11.7. The fraction of sp³-hybridized carbons (Fsp3) is 0.462. The molecule has 0 saturated heterocycles. The number of nitrogens with one attached hydrogen (secondary N) is 2. The molecule has 0 saturated carbocycles. The molecular weight excluding hydrogens is 314 g/mol. The number of sulfonamides is 1. The van der Waals surface area contributed by atoms with Gasteiger partial charge in [0.05, 0.1) is 4.90 Å². The lowest BCUT2D eigenvalue weighted by Gasteiger charge is -2.19. The molecule has 0 heterocycles. The van der Waals surface area contributed by atoms with Crippen molar-refractivity contribution in [2.45, 2.75) is 38.1 Å². The molecule has 21 heavy (non-hydrogen) atoms. The molecular formula is C13H22ClN3O3S. The Kier molecular flexibility index (Phi) is 6.82. The van der Waals surface area contributed by atoms with Gasteiger partial charge in [0, 0.05) is 24.7 Å². The number of nitrogens with two attached hydrogens (primary N) is 1. The zero-order valence-corrected chi connectivity index (χ0v) is 14.2. The van der Waals surface area contributed by atoms with E-state index in [1.807, 2.05) is 0 Å². The topological polar surface area (TPSA) is 101 Å². The molecule has 0 fully saturated rings. The minimum absolute atomic E-state index is 0. The third-order valence-corrected chi connectivity index (χ3v) is 3.95. The summed E-state index contributed by atoms with van der Waals surface area (Å²) in [5.74, 6) is -0.251. The predicted octanol–water partition coefficient (Wildman–Crippen LogP) is 1.39. The number of rotatable bonds is 5. The van der Waals surface area contributed by atoms with Gasteiger partial charge in [0.2, 0.25) is 15.9 Å². The highest BCUT2D eigenvalue weighted by Gasteiger charge is 2.19. The number of carbonyl (C=O) groups is 1. The van der Waals surface area contributed by atoms with Crippen molar-refractivity contribution in [2.75, 3.05) is 11.9 Å². The first kappa shape index (κ1) is 19.9. The zero-order valence-electron chi connectivity index (χ0n) is 12.6. The van der Waals surface area contributed by atoms with Crippen LogP contribution in [0.2, 0.25) is 0 Å². The monoisotopic (exact) mass is 335 g/mol. The van der Waals surface area contributed by atoms with Crippen molar-refractivity contribution in [3.8, 4) is 0 Å². The summed E-state index contributed by atoms with van der Waals surface area (Å²) in [4.78, 5) is 11.2. The standard InChI is InChI=1S/C13H21N3O3S.ClH/c1-9-5-6-11(7-12(9)16-10(2)17)20(18,19)15-8-13(3,4)14;/h5-7,15H,8,14H2,1-4H3,(H,16,17);1H. The van der Waals surface area contributed by atoms with E-state index in [9.17, 15) is 13.2 Å². The van der Waals surface area contributed by atoms with E-state index in [2.05, 4.69) is 10.0 Å². The van der Waals surface area contributed by atoms with Crippen LogP contribution in [0.1, 0.15) is 26.3 Å². The average Bonchev–Trinajstić information content (AvgIpc) is 2.28. The molecule has 0 spiro atoms. The van der Waals surface area contributed by atoms with Crippen LogP contribution in [0.4, 0.5) is 5.69 Å².